The fraction of sp³-hybridized carbons (Fsp3) is 0.471. The number of anilines is 1. The number of amides is 1. The first kappa shape index (κ1) is 15.5. The van der Waals surface area contributed by atoms with Crippen molar-refractivity contribution in [2.24, 2.45) is 0 Å². The normalized spacial score (nSPS) is 17.5. The summed E-state index contributed by atoms with van der Waals surface area (Å²) in [5.41, 5.74) is 1.15. The van der Waals surface area contributed by atoms with Gasteiger partial charge in [-0.2, -0.15) is 0 Å². The second-order valence-corrected chi connectivity index (χ2v) is 5.79. The minimum Gasteiger partial charge on any atom is -0.373 e. The molecule has 6 heteroatoms. The van der Waals surface area contributed by atoms with Crippen LogP contribution in [0.5, 0.6) is 0 Å². The van der Waals surface area contributed by atoms with Gasteiger partial charge in [0.2, 0.25) is 5.91 Å². The van der Waals surface area contributed by atoms with Crippen molar-refractivity contribution in [3.63, 3.8) is 0 Å². The average molecular weight is 313 g/mol. The molecular formula is C17H23N5O. The molecule has 0 unspecified atom stereocenters. The Morgan fingerprint density at radius 2 is 2.26 bits per heavy atom. The Morgan fingerprint density at radius 1 is 1.39 bits per heavy atom. The summed E-state index contributed by atoms with van der Waals surface area (Å²) in [7, 11) is 1.86. The molecule has 0 aliphatic carbocycles. The Bertz CT molecular complexity index is 681. The number of aryl methyl sites for hydroxylation is 1. The number of hydrogen-bond donors (Lipinski definition) is 1. The minimum absolute atomic E-state index is 0.145. The van der Waals surface area contributed by atoms with Crippen LogP contribution in [-0.4, -0.2) is 38.9 Å². The van der Waals surface area contributed by atoms with Crippen LogP contribution in [0, 0.1) is 0 Å². The molecule has 1 aliphatic rings. The number of carbonyl (C=O) groups excluding carboxylic acids is 1. The van der Waals surface area contributed by atoms with Gasteiger partial charge in [-0.25, -0.2) is 9.97 Å². The summed E-state index contributed by atoms with van der Waals surface area (Å²) >= 11 is 0. The fourth-order valence-electron chi connectivity index (χ4n) is 3.24. The highest BCUT2D eigenvalue weighted by Gasteiger charge is 2.30. The van der Waals surface area contributed by atoms with Crippen molar-refractivity contribution in [1.82, 2.24) is 19.4 Å². The lowest BCUT2D eigenvalue weighted by atomic mass is 10.1. The fourth-order valence-corrected chi connectivity index (χ4v) is 3.24. The molecule has 1 atom stereocenters. The third kappa shape index (κ3) is 3.21. The zero-order valence-electron chi connectivity index (χ0n) is 13.7. The summed E-state index contributed by atoms with van der Waals surface area (Å²) in [5.74, 6) is 1.95. The number of nitrogens with one attached hydrogen (secondary N) is 1. The smallest absolute Gasteiger partial charge is 0.243 e. The molecule has 0 bridgehead atoms. The van der Waals surface area contributed by atoms with Crippen molar-refractivity contribution in [3.05, 3.63) is 42.1 Å². The molecule has 1 aliphatic heterocycles. The van der Waals surface area contributed by atoms with E-state index in [0.717, 1.165) is 43.0 Å². The van der Waals surface area contributed by atoms with Gasteiger partial charge in [-0.15, -0.1) is 0 Å². The summed E-state index contributed by atoms with van der Waals surface area (Å²) in [6.45, 7) is 3.23. The summed E-state index contributed by atoms with van der Waals surface area (Å²) < 4.78 is 1.95. The molecule has 6 nitrogen and oxygen atoms in total. The van der Waals surface area contributed by atoms with Gasteiger partial charge in [0.05, 0.1) is 6.04 Å². The van der Waals surface area contributed by atoms with Gasteiger partial charge in [-0.1, -0.05) is 6.92 Å². The van der Waals surface area contributed by atoms with E-state index in [1.807, 2.05) is 34.8 Å². The lowest BCUT2D eigenvalue weighted by Gasteiger charge is -2.25. The summed E-state index contributed by atoms with van der Waals surface area (Å²) in [5, 5.41) is 3.06. The van der Waals surface area contributed by atoms with E-state index in [2.05, 4.69) is 22.2 Å². The van der Waals surface area contributed by atoms with Gasteiger partial charge >= 0.3 is 0 Å². The van der Waals surface area contributed by atoms with Crippen molar-refractivity contribution in [2.75, 3.05) is 18.9 Å². The highest BCUT2D eigenvalue weighted by atomic mass is 16.2. The molecule has 2 aromatic heterocycles. The van der Waals surface area contributed by atoms with Gasteiger partial charge in [0.15, 0.2) is 0 Å². The quantitative estimate of drug-likeness (QED) is 0.919. The molecule has 1 N–H and O–H groups in total. The summed E-state index contributed by atoms with van der Waals surface area (Å²) in [4.78, 5) is 23.3. The molecule has 122 valence electrons. The van der Waals surface area contributed by atoms with Crippen molar-refractivity contribution in [3.8, 4) is 0 Å². The van der Waals surface area contributed by atoms with Gasteiger partial charge < -0.3 is 14.8 Å². The highest BCUT2D eigenvalue weighted by Crippen LogP contribution is 2.32. The predicted octanol–water partition coefficient (Wildman–Crippen LogP) is 2.25. The number of nitrogens with zero attached hydrogens (tertiary/aromatic N) is 4. The third-order valence-corrected chi connectivity index (χ3v) is 4.42. The van der Waals surface area contributed by atoms with E-state index in [1.54, 1.807) is 12.4 Å². The number of pyridine rings is 1. The Morgan fingerprint density at radius 3 is 3.04 bits per heavy atom. The monoisotopic (exact) mass is 313 g/mol. The lowest BCUT2D eigenvalue weighted by Crippen LogP contribution is -2.33. The Hall–Kier alpha value is -2.37. The zero-order chi connectivity index (χ0) is 16.2. The number of likely N-dealkylation sites (tertiary alicyclic amines) is 1. The van der Waals surface area contributed by atoms with Gasteiger partial charge in [-0.3, -0.25) is 4.79 Å². The van der Waals surface area contributed by atoms with Crippen LogP contribution in [0.25, 0.3) is 0 Å². The summed E-state index contributed by atoms with van der Waals surface area (Å²) in [6, 6.07) is 4.18. The van der Waals surface area contributed by atoms with Crippen molar-refractivity contribution < 1.29 is 4.79 Å². The van der Waals surface area contributed by atoms with Crippen molar-refractivity contribution in [2.45, 2.75) is 38.8 Å². The van der Waals surface area contributed by atoms with E-state index in [0.29, 0.717) is 6.54 Å². The molecule has 0 saturated carbocycles. The molecule has 3 rings (SSSR count). The van der Waals surface area contributed by atoms with Crippen molar-refractivity contribution in [1.29, 1.82) is 0 Å². The zero-order valence-corrected chi connectivity index (χ0v) is 13.7. The van der Waals surface area contributed by atoms with Crippen LogP contribution < -0.4 is 5.32 Å². The molecule has 1 fully saturated rings. The molecule has 2 aromatic rings. The first-order valence-electron chi connectivity index (χ1n) is 8.16. The average Bonchev–Trinajstić information content (AvgIpc) is 3.23. The maximum atomic E-state index is 12.8. The number of imidazole rings is 1. The lowest BCUT2D eigenvalue weighted by molar-refractivity contribution is -0.132. The topological polar surface area (TPSA) is 63.1 Å². The van der Waals surface area contributed by atoms with Gasteiger partial charge in [0, 0.05) is 38.6 Å². The second-order valence-electron chi connectivity index (χ2n) is 5.79. The molecule has 23 heavy (non-hydrogen) atoms. The van der Waals surface area contributed by atoms with Crippen LogP contribution in [0.3, 0.4) is 0 Å². The van der Waals surface area contributed by atoms with E-state index < -0.39 is 0 Å². The molecule has 0 spiro atoms. The minimum atomic E-state index is 0.145. The molecule has 0 aromatic carbocycles. The second kappa shape index (κ2) is 6.81. The van der Waals surface area contributed by atoms with E-state index in [9.17, 15) is 4.79 Å². The van der Waals surface area contributed by atoms with E-state index in [-0.39, 0.29) is 11.9 Å². The Labute approximate surface area is 136 Å². The molecule has 1 amide bonds. The predicted molar refractivity (Wildman–Crippen MR) is 89.1 cm³/mol. The number of carbonyl (C=O) groups is 1. The summed E-state index contributed by atoms with van der Waals surface area (Å²) in [6.07, 6.45) is 8.32. The van der Waals surface area contributed by atoms with Gasteiger partial charge in [0.1, 0.15) is 18.2 Å². The third-order valence-electron chi connectivity index (χ3n) is 4.42. The van der Waals surface area contributed by atoms with Crippen LogP contribution in [0.1, 0.15) is 37.2 Å². The standard InChI is InChI=1S/C17H23N5O/c1-3-16-20-8-10-21(16)12-17(23)22-9-4-5-14(22)13-6-7-19-15(11-13)18-2/h6-8,10-11,14H,3-5,9,12H2,1-2H3,(H,18,19)/t14-/m0/s1. The van der Waals surface area contributed by atoms with E-state index in [1.165, 1.54) is 0 Å². The van der Waals surface area contributed by atoms with Crippen LogP contribution in [0.15, 0.2) is 30.7 Å². The molecule has 1 saturated heterocycles. The first-order valence-corrected chi connectivity index (χ1v) is 8.16. The molecular weight excluding hydrogens is 290 g/mol. The number of rotatable bonds is 5. The maximum Gasteiger partial charge on any atom is 0.243 e. The van der Waals surface area contributed by atoms with Crippen LogP contribution >= 0.6 is 0 Å². The SMILES string of the molecule is CCc1nccn1CC(=O)N1CCC[C@H]1c1ccnc(NC)c1. The van der Waals surface area contributed by atoms with Crippen LogP contribution in [0.2, 0.25) is 0 Å². The molecule has 3 heterocycles. The first-order chi connectivity index (χ1) is 11.2. The Kier molecular flexibility index (Phi) is 4.60. The van der Waals surface area contributed by atoms with Gasteiger partial charge in [0.25, 0.3) is 0 Å². The van der Waals surface area contributed by atoms with E-state index in [4.69, 9.17) is 0 Å². The number of aromatic nitrogens is 3. The van der Waals surface area contributed by atoms with Crippen LogP contribution in [0.4, 0.5) is 5.82 Å². The van der Waals surface area contributed by atoms with Crippen LogP contribution in [-0.2, 0) is 17.8 Å². The molecule has 0 radical (unpaired) electrons. The van der Waals surface area contributed by atoms with Crippen molar-refractivity contribution >= 4 is 11.7 Å². The maximum absolute atomic E-state index is 12.8. The Balaban J connectivity index is 1.76. The van der Waals surface area contributed by atoms with E-state index >= 15 is 0 Å². The highest BCUT2D eigenvalue weighted by molar-refractivity contribution is 5.77. The largest absolute Gasteiger partial charge is 0.373 e. The number of hydrogen-bond acceptors (Lipinski definition) is 4. The van der Waals surface area contributed by atoms with Gasteiger partial charge in [-0.05, 0) is 30.5 Å².